The van der Waals surface area contributed by atoms with Crippen molar-refractivity contribution in [3.05, 3.63) is 65.2 Å². The van der Waals surface area contributed by atoms with E-state index in [1.54, 1.807) is 13.8 Å². The summed E-state index contributed by atoms with van der Waals surface area (Å²) < 4.78 is 5.02. The summed E-state index contributed by atoms with van der Waals surface area (Å²) in [5, 5.41) is 6.09. The Morgan fingerprint density at radius 1 is 1.08 bits per heavy atom. The van der Waals surface area contributed by atoms with Crippen LogP contribution in [0.15, 0.2) is 48.5 Å². The van der Waals surface area contributed by atoms with E-state index in [0.29, 0.717) is 17.9 Å². The standard InChI is InChI=1S/C21H26N2O3/c1-5-26-21(25)16(4)22-19-12-11-14(2)13-18(19)20(24)23-15(3)17-9-7-6-8-10-17/h6-13,15-16,22H,5H2,1-4H3,(H,23,24)/t15-,16+/m0/s1. The number of carbonyl (C=O) groups excluding carboxylic acids is 2. The largest absolute Gasteiger partial charge is 0.464 e. The van der Waals surface area contributed by atoms with Crippen LogP contribution in [-0.2, 0) is 9.53 Å². The monoisotopic (exact) mass is 354 g/mol. The summed E-state index contributed by atoms with van der Waals surface area (Å²) in [5.41, 5.74) is 3.11. The van der Waals surface area contributed by atoms with Crippen LogP contribution in [0.3, 0.4) is 0 Å². The highest BCUT2D eigenvalue weighted by Crippen LogP contribution is 2.20. The average molecular weight is 354 g/mol. The second-order valence-corrected chi connectivity index (χ2v) is 6.27. The first-order valence-electron chi connectivity index (χ1n) is 8.82. The fraction of sp³-hybridized carbons (Fsp3) is 0.333. The van der Waals surface area contributed by atoms with Crippen molar-refractivity contribution >= 4 is 17.6 Å². The number of amides is 1. The Kier molecular flexibility index (Phi) is 6.78. The highest BCUT2D eigenvalue weighted by Gasteiger charge is 2.19. The molecule has 2 rings (SSSR count). The lowest BCUT2D eigenvalue weighted by atomic mass is 10.1. The van der Waals surface area contributed by atoms with Crippen LogP contribution < -0.4 is 10.6 Å². The number of benzene rings is 2. The smallest absolute Gasteiger partial charge is 0.328 e. The van der Waals surface area contributed by atoms with Gasteiger partial charge in [-0.25, -0.2) is 4.79 Å². The molecule has 0 aliphatic rings. The predicted octanol–water partition coefficient (Wildman–Crippen LogP) is 3.85. The molecule has 0 saturated heterocycles. The van der Waals surface area contributed by atoms with Gasteiger partial charge in [-0.1, -0.05) is 42.0 Å². The van der Waals surface area contributed by atoms with Crippen LogP contribution in [0.2, 0.25) is 0 Å². The number of aryl methyl sites for hydroxylation is 1. The summed E-state index contributed by atoms with van der Waals surface area (Å²) in [5.74, 6) is -0.541. The number of anilines is 1. The molecule has 2 atom stereocenters. The van der Waals surface area contributed by atoms with E-state index >= 15 is 0 Å². The van der Waals surface area contributed by atoms with Gasteiger partial charge in [0.1, 0.15) is 6.04 Å². The molecule has 0 aliphatic carbocycles. The van der Waals surface area contributed by atoms with Crippen molar-refractivity contribution in [1.82, 2.24) is 5.32 Å². The van der Waals surface area contributed by atoms with E-state index in [9.17, 15) is 9.59 Å². The molecule has 0 unspecified atom stereocenters. The minimum atomic E-state index is -0.546. The second kappa shape index (κ2) is 9.04. The van der Waals surface area contributed by atoms with Crippen LogP contribution in [0, 0.1) is 6.92 Å². The normalized spacial score (nSPS) is 12.8. The van der Waals surface area contributed by atoms with Gasteiger partial charge in [0.05, 0.1) is 18.2 Å². The van der Waals surface area contributed by atoms with Crippen LogP contribution in [0.25, 0.3) is 0 Å². The van der Waals surface area contributed by atoms with Crippen molar-refractivity contribution in [2.45, 2.75) is 39.8 Å². The summed E-state index contributed by atoms with van der Waals surface area (Å²) in [4.78, 5) is 24.7. The third-order valence-corrected chi connectivity index (χ3v) is 4.08. The molecule has 1 amide bonds. The van der Waals surface area contributed by atoms with Crippen LogP contribution in [-0.4, -0.2) is 24.5 Å². The van der Waals surface area contributed by atoms with Gasteiger partial charge < -0.3 is 15.4 Å². The zero-order chi connectivity index (χ0) is 19.1. The molecule has 0 aliphatic heterocycles. The molecule has 5 heteroatoms. The predicted molar refractivity (Wildman–Crippen MR) is 103 cm³/mol. The number of rotatable bonds is 7. The van der Waals surface area contributed by atoms with Crippen molar-refractivity contribution in [3.63, 3.8) is 0 Å². The average Bonchev–Trinajstić information content (AvgIpc) is 2.63. The molecule has 26 heavy (non-hydrogen) atoms. The molecule has 0 radical (unpaired) electrons. The van der Waals surface area contributed by atoms with Crippen LogP contribution in [0.4, 0.5) is 5.69 Å². The van der Waals surface area contributed by atoms with Crippen LogP contribution >= 0.6 is 0 Å². The Balaban J connectivity index is 2.18. The van der Waals surface area contributed by atoms with Gasteiger partial charge in [0.2, 0.25) is 0 Å². The van der Waals surface area contributed by atoms with E-state index < -0.39 is 6.04 Å². The Hall–Kier alpha value is -2.82. The number of hydrogen-bond acceptors (Lipinski definition) is 4. The molecule has 138 valence electrons. The van der Waals surface area contributed by atoms with E-state index in [2.05, 4.69) is 10.6 Å². The molecule has 0 aromatic heterocycles. The first-order valence-corrected chi connectivity index (χ1v) is 8.82. The molecular formula is C21H26N2O3. The molecule has 0 fully saturated rings. The molecule has 5 nitrogen and oxygen atoms in total. The van der Waals surface area contributed by atoms with Gasteiger partial charge in [-0.05, 0) is 45.4 Å². The number of carbonyl (C=O) groups is 2. The Morgan fingerprint density at radius 3 is 2.42 bits per heavy atom. The summed E-state index contributed by atoms with van der Waals surface area (Å²) in [6.07, 6.45) is 0. The minimum absolute atomic E-state index is 0.125. The van der Waals surface area contributed by atoms with Crippen molar-refractivity contribution < 1.29 is 14.3 Å². The molecule has 0 heterocycles. The lowest BCUT2D eigenvalue weighted by Crippen LogP contribution is -2.31. The van der Waals surface area contributed by atoms with E-state index in [4.69, 9.17) is 4.74 Å². The summed E-state index contributed by atoms with van der Waals surface area (Å²) in [7, 11) is 0. The summed E-state index contributed by atoms with van der Waals surface area (Å²) in [6.45, 7) is 7.67. The van der Waals surface area contributed by atoms with Gasteiger partial charge in [-0.15, -0.1) is 0 Å². The van der Waals surface area contributed by atoms with Gasteiger partial charge in [-0.2, -0.15) is 0 Å². The van der Waals surface area contributed by atoms with Crippen LogP contribution in [0.5, 0.6) is 0 Å². The highest BCUT2D eigenvalue weighted by atomic mass is 16.5. The minimum Gasteiger partial charge on any atom is -0.464 e. The summed E-state index contributed by atoms with van der Waals surface area (Å²) >= 11 is 0. The molecule has 0 bridgehead atoms. The number of nitrogens with one attached hydrogen (secondary N) is 2. The van der Waals surface area contributed by atoms with E-state index in [1.165, 1.54) is 0 Å². The maximum atomic E-state index is 12.8. The van der Waals surface area contributed by atoms with Gasteiger partial charge in [0.15, 0.2) is 0 Å². The fourth-order valence-electron chi connectivity index (χ4n) is 2.63. The lowest BCUT2D eigenvalue weighted by Gasteiger charge is -2.19. The lowest BCUT2D eigenvalue weighted by molar-refractivity contribution is -0.143. The summed E-state index contributed by atoms with van der Waals surface area (Å²) in [6, 6.07) is 14.6. The Morgan fingerprint density at radius 2 is 1.77 bits per heavy atom. The van der Waals surface area contributed by atoms with Crippen molar-refractivity contribution in [2.75, 3.05) is 11.9 Å². The molecular weight excluding hydrogens is 328 g/mol. The van der Waals surface area contributed by atoms with Crippen LogP contribution in [0.1, 0.15) is 48.3 Å². The van der Waals surface area contributed by atoms with Gasteiger partial charge in [0.25, 0.3) is 5.91 Å². The first kappa shape index (κ1) is 19.5. The Labute approximate surface area is 154 Å². The third kappa shape index (κ3) is 5.09. The first-order chi connectivity index (χ1) is 12.4. The van der Waals surface area contributed by atoms with Crippen molar-refractivity contribution in [1.29, 1.82) is 0 Å². The SMILES string of the molecule is CCOC(=O)[C@@H](C)Nc1ccc(C)cc1C(=O)N[C@@H](C)c1ccccc1. The number of ether oxygens (including phenoxy) is 1. The molecule has 2 N–H and O–H groups in total. The molecule has 2 aromatic carbocycles. The maximum absolute atomic E-state index is 12.8. The van der Waals surface area contributed by atoms with E-state index in [0.717, 1.165) is 11.1 Å². The molecule has 0 saturated carbocycles. The number of esters is 1. The van der Waals surface area contributed by atoms with Gasteiger partial charge in [0, 0.05) is 5.69 Å². The number of hydrogen-bond donors (Lipinski definition) is 2. The van der Waals surface area contributed by atoms with Crippen molar-refractivity contribution in [3.8, 4) is 0 Å². The zero-order valence-electron chi connectivity index (χ0n) is 15.7. The van der Waals surface area contributed by atoms with Crippen molar-refractivity contribution in [2.24, 2.45) is 0 Å². The molecule has 2 aromatic rings. The quantitative estimate of drug-likeness (QED) is 0.741. The Bertz CT molecular complexity index is 759. The van der Waals surface area contributed by atoms with Gasteiger partial charge >= 0.3 is 5.97 Å². The highest BCUT2D eigenvalue weighted by molar-refractivity contribution is 6.00. The second-order valence-electron chi connectivity index (χ2n) is 6.27. The topological polar surface area (TPSA) is 67.4 Å². The zero-order valence-corrected chi connectivity index (χ0v) is 15.7. The van der Waals surface area contributed by atoms with E-state index in [1.807, 2.05) is 62.4 Å². The molecule has 0 spiro atoms. The maximum Gasteiger partial charge on any atom is 0.328 e. The van der Waals surface area contributed by atoms with E-state index in [-0.39, 0.29) is 17.9 Å². The van der Waals surface area contributed by atoms with Gasteiger partial charge in [-0.3, -0.25) is 4.79 Å². The third-order valence-electron chi connectivity index (χ3n) is 4.08. The fourth-order valence-corrected chi connectivity index (χ4v) is 2.63.